The Labute approximate surface area is 184 Å². The van der Waals surface area contributed by atoms with Crippen LogP contribution in [0.4, 0.5) is 0 Å². The Morgan fingerprint density at radius 3 is 1.69 bits per heavy atom. The van der Waals surface area contributed by atoms with Crippen LogP contribution in [0, 0.1) is 13.8 Å². The Bertz CT molecular complexity index is 952. The monoisotopic (exact) mass is 422 g/mol. The molecule has 0 atom stereocenters. The predicted octanol–water partition coefficient (Wildman–Crippen LogP) is 7.89. The van der Waals surface area contributed by atoms with Gasteiger partial charge < -0.3 is 5.11 Å². The Balaban J connectivity index is 1.82. The molecule has 0 aliphatic heterocycles. The molecule has 0 fully saturated rings. The number of rotatable bonds is 6. The van der Waals surface area contributed by atoms with E-state index >= 15 is 0 Å². The zero-order valence-corrected chi connectivity index (χ0v) is 19.6. The summed E-state index contributed by atoms with van der Waals surface area (Å²) in [6, 6.07) is 21.6. The molecule has 0 radical (unpaired) electrons. The van der Waals surface area contributed by atoms with E-state index in [1.54, 1.807) is 11.8 Å². The highest BCUT2D eigenvalue weighted by Crippen LogP contribution is 2.38. The Hall–Kier alpha value is -1.84. The number of thioether (sulfide) groups is 2. The largest absolute Gasteiger partial charge is 0.507 e. The fourth-order valence-electron chi connectivity index (χ4n) is 3.12. The molecule has 3 heteroatoms. The molecule has 0 saturated carbocycles. The van der Waals surface area contributed by atoms with E-state index in [1.165, 1.54) is 26.5 Å². The van der Waals surface area contributed by atoms with Gasteiger partial charge in [-0.25, -0.2) is 0 Å². The van der Waals surface area contributed by atoms with Crippen LogP contribution in [0.5, 0.6) is 5.75 Å². The highest BCUT2D eigenvalue weighted by molar-refractivity contribution is 7.98. The maximum absolute atomic E-state index is 11.0. The molecule has 3 aromatic rings. The average molecular weight is 423 g/mol. The summed E-state index contributed by atoms with van der Waals surface area (Å²) >= 11 is 3.62. The van der Waals surface area contributed by atoms with E-state index in [9.17, 15) is 5.11 Å². The zero-order chi connectivity index (χ0) is 21.0. The Morgan fingerprint density at radius 1 is 0.724 bits per heavy atom. The molecule has 29 heavy (non-hydrogen) atoms. The van der Waals surface area contributed by atoms with Crippen LogP contribution in [0.25, 0.3) is 0 Å². The first-order valence-electron chi connectivity index (χ1n) is 9.96. The second kappa shape index (κ2) is 9.32. The third-order valence-electron chi connectivity index (χ3n) is 4.90. The van der Waals surface area contributed by atoms with Crippen molar-refractivity contribution in [2.24, 2.45) is 0 Å². The number of hydrogen-bond acceptors (Lipinski definition) is 3. The van der Waals surface area contributed by atoms with E-state index in [0.29, 0.717) is 5.75 Å². The van der Waals surface area contributed by atoms with Gasteiger partial charge in [0.15, 0.2) is 0 Å². The van der Waals surface area contributed by atoms with Gasteiger partial charge in [-0.15, -0.1) is 23.5 Å². The molecule has 0 amide bonds. The third-order valence-corrected chi connectivity index (χ3v) is 7.04. The lowest BCUT2D eigenvalue weighted by atomic mass is 9.84. The van der Waals surface area contributed by atoms with Crippen molar-refractivity contribution in [1.82, 2.24) is 0 Å². The van der Waals surface area contributed by atoms with Gasteiger partial charge in [0.25, 0.3) is 0 Å². The fourth-order valence-corrected chi connectivity index (χ4v) is 4.82. The van der Waals surface area contributed by atoms with Crippen LogP contribution in [0.3, 0.4) is 0 Å². The number of phenolic OH excluding ortho intramolecular Hbond substituents is 1. The maximum atomic E-state index is 11.0. The number of aromatic hydroxyl groups is 1. The normalized spacial score (nSPS) is 11.6. The second-order valence-corrected chi connectivity index (χ2v) is 10.7. The van der Waals surface area contributed by atoms with Gasteiger partial charge in [0.1, 0.15) is 5.75 Å². The zero-order valence-electron chi connectivity index (χ0n) is 18.0. The van der Waals surface area contributed by atoms with Crippen molar-refractivity contribution in [1.29, 1.82) is 0 Å². The lowest BCUT2D eigenvalue weighted by molar-refractivity contribution is 0.442. The smallest absolute Gasteiger partial charge is 0.123 e. The molecule has 3 rings (SSSR count). The van der Waals surface area contributed by atoms with Gasteiger partial charge in [-0.3, -0.25) is 0 Å². The van der Waals surface area contributed by atoms with Gasteiger partial charge in [-0.1, -0.05) is 68.3 Å². The molecular formula is C26H30OS2. The first-order valence-corrected chi connectivity index (χ1v) is 11.9. The van der Waals surface area contributed by atoms with Crippen LogP contribution in [-0.2, 0) is 16.9 Å². The molecule has 152 valence electrons. The summed E-state index contributed by atoms with van der Waals surface area (Å²) in [5, 5.41) is 11.0. The minimum absolute atomic E-state index is 0.0993. The number of aryl methyl sites for hydroxylation is 2. The molecule has 0 aromatic heterocycles. The Kier molecular flexibility index (Phi) is 7.02. The second-order valence-electron chi connectivity index (χ2n) is 8.60. The summed E-state index contributed by atoms with van der Waals surface area (Å²) in [5.41, 5.74) is 5.75. The van der Waals surface area contributed by atoms with Crippen molar-refractivity contribution >= 4 is 23.5 Å². The number of phenols is 1. The molecule has 3 aromatic carbocycles. The highest BCUT2D eigenvalue weighted by atomic mass is 32.2. The van der Waals surface area contributed by atoms with Crippen molar-refractivity contribution in [2.45, 2.75) is 61.3 Å². The molecule has 0 spiro atoms. The lowest BCUT2D eigenvalue weighted by Crippen LogP contribution is -2.12. The van der Waals surface area contributed by atoms with E-state index in [0.717, 1.165) is 22.6 Å². The topological polar surface area (TPSA) is 20.2 Å². The van der Waals surface area contributed by atoms with Gasteiger partial charge in [-0.2, -0.15) is 0 Å². The predicted molar refractivity (Wildman–Crippen MR) is 128 cm³/mol. The van der Waals surface area contributed by atoms with Crippen LogP contribution >= 0.6 is 23.5 Å². The fraction of sp³-hybridized carbons (Fsp3) is 0.308. The first kappa shape index (κ1) is 21.9. The van der Waals surface area contributed by atoms with Crippen molar-refractivity contribution in [3.63, 3.8) is 0 Å². The molecule has 0 saturated heterocycles. The van der Waals surface area contributed by atoms with E-state index in [1.807, 2.05) is 11.8 Å². The van der Waals surface area contributed by atoms with Gasteiger partial charge in [0, 0.05) is 26.9 Å². The molecule has 0 aliphatic rings. The summed E-state index contributed by atoms with van der Waals surface area (Å²) in [5.74, 6) is 2.11. The van der Waals surface area contributed by atoms with E-state index in [4.69, 9.17) is 0 Å². The van der Waals surface area contributed by atoms with Gasteiger partial charge in [-0.05, 0) is 54.7 Å². The van der Waals surface area contributed by atoms with Gasteiger partial charge >= 0.3 is 0 Å². The van der Waals surface area contributed by atoms with Crippen LogP contribution in [-0.4, -0.2) is 5.11 Å². The third kappa shape index (κ3) is 6.07. The summed E-state index contributed by atoms with van der Waals surface area (Å²) < 4.78 is 0. The van der Waals surface area contributed by atoms with Crippen molar-refractivity contribution in [3.8, 4) is 5.75 Å². The highest BCUT2D eigenvalue weighted by Gasteiger charge is 2.21. The summed E-state index contributed by atoms with van der Waals surface area (Å²) in [7, 11) is 0. The van der Waals surface area contributed by atoms with E-state index in [2.05, 4.69) is 95.3 Å². The SMILES string of the molecule is Cc1ccc(SCc2cc(CSc3ccc(C)cc3)c(O)c(C(C)(C)C)c2)cc1. The van der Waals surface area contributed by atoms with Crippen LogP contribution in [0.15, 0.2) is 70.5 Å². The van der Waals surface area contributed by atoms with E-state index in [-0.39, 0.29) is 5.41 Å². The molecule has 1 N–H and O–H groups in total. The number of benzene rings is 3. The molecular weight excluding hydrogens is 392 g/mol. The quantitative estimate of drug-likeness (QED) is 0.408. The Morgan fingerprint density at radius 2 is 1.21 bits per heavy atom. The summed E-state index contributed by atoms with van der Waals surface area (Å²) in [6.45, 7) is 10.7. The van der Waals surface area contributed by atoms with Crippen LogP contribution in [0.1, 0.15) is 48.6 Å². The molecule has 1 nitrogen and oxygen atoms in total. The van der Waals surface area contributed by atoms with Gasteiger partial charge in [0.2, 0.25) is 0 Å². The standard InChI is InChI=1S/C26H30OS2/c1-18-6-10-22(11-7-18)28-16-20-14-21(25(27)24(15-20)26(3,4)5)17-29-23-12-8-19(2)9-13-23/h6-15,27H,16-17H2,1-5H3. The van der Waals surface area contributed by atoms with Crippen molar-refractivity contribution in [3.05, 3.63) is 88.5 Å². The van der Waals surface area contributed by atoms with Crippen LogP contribution in [0.2, 0.25) is 0 Å². The number of hydrogen-bond donors (Lipinski definition) is 1. The van der Waals surface area contributed by atoms with Gasteiger partial charge in [0.05, 0.1) is 0 Å². The maximum Gasteiger partial charge on any atom is 0.123 e. The molecule has 0 unspecified atom stereocenters. The molecule has 0 aliphatic carbocycles. The van der Waals surface area contributed by atoms with E-state index < -0.39 is 0 Å². The summed E-state index contributed by atoms with van der Waals surface area (Å²) in [6.07, 6.45) is 0. The minimum atomic E-state index is -0.0993. The average Bonchev–Trinajstić information content (AvgIpc) is 2.67. The van der Waals surface area contributed by atoms with Crippen molar-refractivity contribution in [2.75, 3.05) is 0 Å². The molecule has 0 bridgehead atoms. The van der Waals surface area contributed by atoms with Crippen molar-refractivity contribution < 1.29 is 5.11 Å². The lowest BCUT2D eigenvalue weighted by Gasteiger charge is -2.23. The molecule has 0 heterocycles. The summed E-state index contributed by atoms with van der Waals surface area (Å²) in [4.78, 5) is 2.50. The minimum Gasteiger partial charge on any atom is -0.507 e. The first-order chi connectivity index (χ1) is 13.7. The van der Waals surface area contributed by atoms with Crippen LogP contribution < -0.4 is 0 Å².